The normalized spacial score (nSPS) is 12.3. The number of nitrogens with two attached hydrogens (primary N) is 1. The monoisotopic (exact) mass is 293 g/mol. The number of ether oxygens (including phenoxy) is 1. The third kappa shape index (κ3) is 3.11. The van der Waals surface area contributed by atoms with E-state index in [9.17, 15) is 4.39 Å². The van der Waals surface area contributed by atoms with Gasteiger partial charge in [-0.2, -0.15) is 0 Å². The van der Waals surface area contributed by atoms with E-state index in [2.05, 4.69) is 0 Å². The van der Waals surface area contributed by atoms with Gasteiger partial charge in [0.15, 0.2) is 0 Å². The fourth-order valence-electron chi connectivity index (χ4n) is 1.92. The van der Waals surface area contributed by atoms with E-state index in [1.807, 2.05) is 19.1 Å². The SMILES string of the molecule is Cc1ccc(Oc2cc(C)c(F)cc2[C@@H](C)N)c(Cl)c1. The molecule has 0 amide bonds. The molecular formula is C16H17ClFNO. The van der Waals surface area contributed by atoms with Gasteiger partial charge in [0.1, 0.15) is 17.3 Å². The zero-order chi connectivity index (χ0) is 14.9. The van der Waals surface area contributed by atoms with Crippen LogP contribution in [0.3, 0.4) is 0 Å². The second-order valence-electron chi connectivity index (χ2n) is 4.96. The molecule has 2 aromatic rings. The first-order chi connectivity index (χ1) is 9.38. The molecule has 0 spiro atoms. The molecule has 0 aromatic heterocycles. The first-order valence-corrected chi connectivity index (χ1v) is 6.76. The zero-order valence-electron chi connectivity index (χ0n) is 11.7. The molecule has 0 aliphatic heterocycles. The van der Waals surface area contributed by atoms with E-state index in [4.69, 9.17) is 22.1 Å². The summed E-state index contributed by atoms with van der Waals surface area (Å²) in [5, 5.41) is 0.516. The molecule has 0 radical (unpaired) electrons. The van der Waals surface area contributed by atoms with Gasteiger partial charge in [0.2, 0.25) is 0 Å². The quantitative estimate of drug-likeness (QED) is 0.873. The molecule has 0 bridgehead atoms. The lowest BCUT2D eigenvalue weighted by Gasteiger charge is -2.16. The van der Waals surface area contributed by atoms with Crippen molar-refractivity contribution in [1.82, 2.24) is 0 Å². The van der Waals surface area contributed by atoms with Crippen molar-refractivity contribution in [2.75, 3.05) is 0 Å². The van der Waals surface area contributed by atoms with Gasteiger partial charge in [-0.3, -0.25) is 0 Å². The predicted octanol–water partition coefficient (Wildman–Crippen LogP) is 4.91. The molecule has 0 unspecified atom stereocenters. The Morgan fingerprint density at radius 3 is 2.45 bits per heavy atom. The van der Waals surface area contributed by atoms with Crippen LogP contribution >= 0.6 is 11.6 Å². The number of hydrogen-bond donors (Lipinski definition) is 1. The second kappa shape index (κ2) is 5.81. The number of hydrogen-bond acceptors (Lipinski definition) is 2. The highest BCUT2D eigenvalue weighted by Crippen LogP contribution is 2.34. The first-order valence-electron chi connectivity index (χ1n) is 6.38. The Labute approximate surface area is 123 Å². The number of aryl methyl sites for hydroxylation is 2. The second-order valence-corrected chi connectivity index (χ2v) is 5.37. The van der Waals surface area contributed by atoms with Crippen molar-refractivity contribution in [2.24, 2.45) is 5.73 Å². The number of rotatable bonds is 3. The van der Waals surface area contributed by atoms with Gasteiger partial charge >= 0.3 is 0 Å². The summed E-state index contributed by atoms with van der Waals surface area (Å²) in [7, 11) is 0. The Morgan fingerprint density at radius 1 is 1.15 bits per heavy atom. The Morgan fingerprint density at radius 2 is 1.85 bits per heavy atom. The van der Waals surface area contributed by atoms with Gasteiger partial charge in [-0.25, -0.2) is 4.39 Å². The van der Waals surface area contributed by atoms with Crippen molar-refractivity contribution >= 4 is 11.6 Å². The van der Waals surface area contributed by atoms with Crippen molar-refractivity contribution in [1.29, 1.82) is 0 Å². The van der Waals surface area contributed by atoms with Gasteiger partial charge in [-0.1, -0.05) is 17.7 Å². The molecule has 20 heavy (non-hydrogen) atoms. The average molecular weight is 294 g/mol. The van der Waals surface area contributed by atoms with Crippen molar-refractivity contribution in [3.8, 4) is 11.5 Å². The van der Waals surface area contributed by atoms with E-state index in [1.165, 1.54) is 6.07 Å². The standard InChI is InChI=1S/C16H17ClFNO/c1-9-4-5-15(13(17)6-9)20-16-7-10(2)14(18)8-12(16)11(3)19/h4-8,11H,19H2,1-3H3/t11-/m1/s1. The summed E-state index contributed by atoms with van der Waals surface area (Å²) in [4.78, 5) is 0. The van der Waals surface area contributed by atoms with Crippen LogP contribution in [0, 0.1) is 19.7 Å². The molecule has 2 aromatic carbocycles. The van der Waals surface area contributed by atoms with Crippen molar-refractivity contribution in [3.05, 3.63) is 57.9 Å². The molecule has 4 heteroatoms. The molecule has 0 aliphatic carbocycles. The molecule has 106 valence electrons. The van der Waals surface area contributed by atoms with Gasteiger partial charge in [0.05, 0.1) is 5.02 Å². The predicted molar refractivity (Wildman–Crippen MR) is 80.0 cm³/mol. The van der Waals surface area contributed by atoms with Crippen LogP contribution < -0.4 is 10.5 Å². The molecule has 1 atom stereocenters. The Bertz CT molecular complexity index is 641. The van der Waals surface area contributed by atoms with Crippen LogP contribution in [-0.2, 0) is 0 Å². The first kappa shape index (κ1) is 14.8. The average Bonchev–Trinajstić information content (AvgIpc) is 2.36. The smallest absolute Gasteiger partial charge is 0.146 e. The van der Waals surface area contributed by atoms with Crippen molar-refractivity contribution in [3.63, 3.8) is 0 Å². The van der Waals surface area contributed by atoms with E-state index in [-0.39, 0.29) is 11.9 Å². The molecule has 0 aliphatic rings. The number of benzene rings is 2. The maximum absolute atomic E-state index is 13.7. The summed E-state index contributed by atoms with van der Waals surface area (Å²) < 4.78 is 19.5. The maximum atomic E-state index is 13.7. The molecule has 0 heterocycles. The molecule has 0 saturated heterocycles. The van der Waals surface area contributed by atoms with Crippen LogP contribution in [-0.4, -0.2) is 0 Å². The fraction of sp³-hybridized carbons (Fsp3) is 0.250. The molecule has 2 N–H and O–H groups in total. The largest absolute Gasteiger partial charge is 0.455 e. The highest BCUT2D eigenvalue weighted by Gasteiger charge is 2.14. The Balaban J connectivity index is 2.44. The summed E-state index contributed by atoms with van der Waals surface area (Å²) in [6.45, 7) is 5.42. The minimum absolute atomic E-state index is 0.292. The molecule has 2 rings (SSSR count). The lowest BCUT2D eigenvalue weighted by molar-refractivity contribution is 0.468. The molecule has 0 saturated carbocycles. The molecular weight excluding hydrogens is 277 g/mol. The third-order valence-corrected chi connectivity index (χ3v) is 3.38. The van der Waals surface area contributed by atoms with E-state index in [1.54, 1.807) is 26.0 Å². The number of halogens is 2. The highest BCUT2D eigenvalue weighted by atomic mass is 35.5. The van der Waals surface area contributed by atoms with Crippen LogP contribution in [0.25, 0.3) is 0 Å². The van der Waals surface area contributed by atoms with Gasteiger partial charge in [-0.05, 0) is 56.2 Å². The topological polar surface area (TPSA) is 35.2 Å². The molecule has 0 fully saturated rings. The van der Waals surface area contributed by atoms with E-state index >= 15 is 0 Å². The van der Waals surface area contributed by atoms with Gasteiger partial charge in [0, 0.05) is 11.6 Å². The lowest BCUT2D eigenvalue weighted by atomic mass is 10.0. The lowest BCUT2D eigenvalue weighted by Crippen LogP contribution is -2.08. The minimum Gasteiger partial charge on any atom is -0.455 e. The minimum atomic E-state index is -0.329. The van der Waals surface area contributed by atoms with Crippen LogP contribution in [0.4, 0.5) is 4.39 Å². The Hall–Kier alpha value is -1.58. The van der Waals surface area contributed by atoms with Gasteiger partial charge in [-0.15, -0.1) is 0 Å². The summed E-state index contributed by atoms with van der Waals surface area (Å²) in [5.74, 6) is 0.773. The summed E-state index contributed by atoms with van der Waals surface area (Å²) >= 11 is 6.15. The molecule has 2 nitrogen and oxygen atoms in total. The highest BCUT2D eigenvalue weighted by molar-refractivity contribution is 6.32. The fourth-order valence-corrected chi connectivity index (χ4v) is 2.20. The van der Waals surface area contributed by atoms with E-state index in [0.717, 1.165) is 5.56 Å². The van der Waals surface area contributed by atoms with Crippen LogP contribution in [0.2, 0.25) is 5.02 Å². The van der Waals surface area contributed by atoms with Crippen molar-refractivity contribution in [2.45, 2.75) is 26.8 Å². The summed E-state index contributed by atoms with van der Waals surface area (Å²) in [5.41, 5.74) is 8.04. The zero-order valence-corrected chi connectivity index (χ0v) is 12.5. The van der Waals surface area contributed by atoms with E-state index < -0.39 is 0 Å². The van der Waals surface area contributed by atoms with Crippen LogP contribution in [0.15, 0.2) is 30.3 Å². The summed E-state index contributed by atoms with van der Waals surface area (Å²) in [6.07, 6.45) is 0. The van der Waals surface area contributed by atoms with Gasteiger partial charge in [0.25, 0.3) is 0 Å². The van der Waals surface area contributed by atoms with Crippen LogP contribution in [0.5, 0.6) is 11.5 Å². The maximum Gasteiger partial charge on any atom is 0.146 e. The van der Waals surface area contributed by atoms with Crippen LogP contribution in [0.1, 0.15) is 29.7 Å². The summed E-state index contributed by atoms with van der Waals surface area (Å²) in [6, 6.07) is 8.24. The van der Waals surface area contributed by atoms with Gasteiger partial charge < -0.3 is 10.5 Å². The van der Waals surface area contributed by atoms with E-state index in [0.29, 0.717) is 27.6 Å². The third-order valence-electron chi connectivity index (χ3n) is 3.09. The van der Waals surface area contributed by atoms with Crippen molar-refractivity contribution < 1.29 is 9.13 Å². The Kier molecular flexibility index (Phi) is 4.31.